The third kappa shape index (κ3) is 4.87. The second-order valence-electron chi connectivity index (χ2n) is 6.58. The standard InChI is InChI=1S/C19H20ClN3O3S/c1-11(2)10-21-18(24)12-5-3-4-6-13(12)22-19(25)15-9-14(23-26-15)16-7-8-17(20)27-16/h3-8,11,15H,9-10H2,1-2H3,(H,21,24)(H,22,25). The van der Waals surface area contributed by atoms with E-state index in [0.717, 1.165) is 4.88 Å². The van der Waals surface area contributed by atoms with Crippen LogP contribution in [0, 0.1) is 5.92 Å². The molecular formula is C19H20ClN3O3S. The zero-order valence-electron chi connectivity index (χ0n) is 15.0. The van der Waals surface area contributed by atoms with E-state index in [1.165, 1.54) is 11.3 Å². The third-order valence-electron chi connectivity index (χ3n) is 3.92. The first-order valence-corrected chi connectivity index (χ1v) is 9.80. The number of nitrogens with zero attached hydrogens (tertiary/aromatic N) is 1. The fourth-order valence-corrected chi connectivity index (χ4v) is 3.56. The number of thiophene rings is 1. The van der Waals surface area contributed by atoms with Gasteiger partial charge in [0.25, 0.3) is 11.8 Å². The number of halogens is 1. The highest BCUT2D eigenvalue weighted by atomic mass is 35.5. The van der Waals surface area contributed by atoms with E-state index in [0.29, 0.717) is 40.2 Å². The molecule has 1 aromatic carbocycles. The predicted molar refractivity (Wildman–Crippen MR) is 108 cm³/mol. The number of oxime groups is 1. The topological polar surface area (TPSA) is 79.8 Å². The highest BCUT2D eigenvalue weighted by Crippen LogP contribution is 2.27. The molecule has 0 saturated heterocycles. The van der Waals surface area contributed by atoms with Gasteiger partial charge in [-0.25, -0.2) is 0 Å². The molecule has 0 spiro atoms. The first kappa shape index (κ1) is 19.4. The highest BCUT2D eigenvalue weighted by Gasteiger charge is 2.30. The maximum absolute atomic E-state index is 12.6. The molecule has 2 N–H and O–H groups in total. The van der Waals surface area contributed by atoms with Crippen molar-refractivity contribution in [1.82, 2.24) is 5.32 Å². The molecule has 3 rings (SSSR count). The van der Waals surface area contributed by atoms with E-state index < -0.39 is 6.10 Å². The lowest BCUT2D eigenvalue weighted by Crippen LogP contribution is -2.31. The van der Waals surface area contributed by atoms with Crippen LogP contribution in [0.25, 0.3) is 0 Å². The molecule has 0 fully saturated rings. The fraction of sp³-hybridized carbons (Fsp3) is 0.316. The number of rotatable bonds is 6. The van der Waals surface area contributed by atoms with Crippen LogP contribution in [0.15, 0.2) is 41.6 Å². The highest BCUT2D eigenvalue weighted by molar-refractivity contribution is 7.18. The molecule has 1 aliphatic rings. The van der Waals surface area contributed by atoms with Gasteiger partial charge in [-0.15, -0.1) is 11.3 Å². The van der Waals surface area contributed by atoms with Gasteiger partial charge < -0.3 is 15.5 Å². The minimum Gasteiger partial charge on any atom is -0.382 e. The Morgan fingerprint density at radius 1 is 1.30 bits per heavy atom. The molecule has 0 aliphatic carbocycles. The van der Waals surface area contributed by atoms with Crippen LogP contribution in [0.1, 0.15) is 35.5 Å². The largest absolute Gasteiger partial charge is 0.382 e. The van der Waals surface area contributed by atoms with Gasteiger partial charge in [0.15, 0.2) is 0 Å². The van der Waals surface area contributed by atoms with Crippen LogP contribution >= 0.6 is 22.9 Å². The SMILES string of the molecule is CC(C)CNC(=O)c1ccccc1NC(=O)C1CC(c2ccc(Cl)s2)=NO1. The van der Waals surface area contributed by atoms with Crippen molar-refractivity contribution in [2.24, 2.45) is 11.1 Å². The van der Waals surface area contributed by atoms with Crippen LogP contribution < -0.4 is 10.6 Å². The summed E-state index contributed by atoms with van der Waals surface area (Å²) in [4.78, 5) is 31.1. The predicted octanol–water partition coefficient (Wildman–Crippen LogP) is 3.92. The van der Waals surface area contributed by atoms with E-state index >= 15 is 0 Å². The van der Waals surface area contributed by atoms with Crippen molar-refractivity contribution < 1.29 is 14.4 Å². The molecular weight excluding hydrogens is 386 g/mol. The molecule has 2 heterocycles. The van der Waals surface area contributed by atoms with E-state index in [9.17, 15) is 9.59 Å². The van der Waals surface area contributed by atoms with Crippen molar-refractivity contribution >= 4 is 46.2 Å². The Hall–Kier alpha value is -2.38. The van der Waals surface area contributed by atoms with Gasteiger partial charge in [-0.2, -0.15) is 0 Å². The van der Waals surface area contributed by atoms with Crippen LogP contribution in [0.5, 0.6) is 0 Å². The molecule has 0 saturated carbocycles. The smallest absolute Gasteiger partial charge is 0.268 e. The van der Waals surface area contributed by atoms with Crippen molar-refractivity contribution in [3.63, 3.8) is 0 Å². The molecule has 8 heteroatoms. The lowest BCUT2D eigenvalue weighted by molar-refractivity contribution is -0.125. The summed E-state index contributed by atoms with van der Waals surface area (Å²) in [6.07, 6.45) is -0.391. The number of carbonyl (C=O) groups excluding carboxylic acids is 2. The average molecular weight is 406 g/mol. The van der Waals surface area contributed by atoms with Crippen LogP contribution in [0.3, 0.4) is 0 Å². The Kier molecular flexibility index (Phi) is 6.13. The van der Waals surface area contributed by atoms with Gasteiger partial charge in [0, 0.05) is 13.0 Å². The summed E-state index contributed by atoms with van der Waals surface area (Å²) in [6.45, 7) is 4.60. The van der Waals surface area contributed by atoms with Gasteiger partial charge in [-0.3, -0.25) is 9.59 Å². The summed E-state index contributed by atoms with van der Waals surface area (Å²) in [5.74, 6) is -0.235. The molecule has 1 atom stereocenters. The van der Waals surface area contributed by atoms with Crippen LogP contribution in [0.4, 0.5) is 5.69 Å². The van der Waals surface area contributed by atoms with Crippen molar-refractivity contribution in [3.05, 3.63) is 51.2 Å². The monoisotopic (exact) mass is 405 g/mol. The second kappa shape index (κ2) is 8.54. The zero-order chi connectivity index (χ0) is 19.4. The number of anilines is 1. The fourth-order valence-electron chi connectivity index (χ4n) is 2.53. The Bertz CT molecular complexity index is 879. The number of benzene rings is 1. The molecule has 2 amide bonds. The minimum atomic E-state index is -0.743. The molecule has 0 radical (unpaired) electrons. The van der Waals surface area contributed by atoms with E-state index in [-0.39, 0.29) is 11.8 Å². The Morgan fingerprint density at radius 2 is 2.07 bits per heavy atom. The lowest BCUT2D eigenvalue weighted by Gasteiger charge is -2.14. The second-order valence-corrected chi connectivity index (χ2v) is 8.29. The maximum atomic E-state index is 12.6. The Labute approximate surface area is 166 Å². The maximum Gasteiger partial charge on any atom is 0.268 e. The molecule has 1 unspecified atom stereocenters. The zero-order valence-corrected chi connectivity index (χ0v) is 16.6. The molecule has 6 nitrogen and oxygen atoms in total. The normalized spacial score (nSPS) is 16.0. The minimum absolute atomic E-state index is 0.225. The number of para-hydroxylation sites is 1. The van der Waals surface area contributed by atoms with Crippen LogP contribution in [-0.2, 0) is 9.63 Å². The quantitative estimate of drug-likeness (QED) is 0.764. The van der Waals surface area contributed by atoms with Crippen molar-refractivity contribution in [2.45, 2.75) is 26.4 Å². The third-order valence-corrected chi connectivity index (χ3v) is 5.20. The van der Waals surface area contributed by atoms with E-state index in [4.69, 9.17) is 16.4 Å². The summed E-state index contributed by atoms with van der Waals surface area (Å²) in [5, 5.41) is 9.63. The van der Waals surface area contributed by atoms with Gasteiger partial charge in [-0.1, -0.05) is 42.7 Å². The van der Waals surface area contributed by atoms with Crippen LogP contribution in [0.2, 0.25) is 4.34 Å². The summed E-state index contributed by atoms with van der Waals surface area (Å²) < 4.78 is 0.655. The molecule has 1 aromatic heterocycles. The first-order valence-electron chi connectivity index (χ1n) is 8.60. The summed E-state index contributed by atoms with van der Waals surface area (Å²) in [6, 6.07) is 10.5. The molecule has 0 bridgehead atoms. The molecule has 27 heavy (non-hydrogen) atoms. The van der Waals surface area contributed by atoms with Gasteiger partial charge in [0.1, 0.15) is 5.71 Å². The summed E-state index contributed by atoms with van der Waals surface area (Å²) in [5.41, 5.74) is 1.55. The van der Waals surface area contributed by atoms with Crippen molar-refractivity contribution in [3.8, 4) is 0 Å². The number of hydrogen-bond donors (Lipinski definition) is 2. The van der Waals surface area contributed by atoms with Gasteiger partial charge in [-0.05, 0) is 30.2 Å². The Morgan fingerprint density at radius 3 is 2.78 bits per heavy atom. The first-order chi connectivity index (χ1) is 12.9. The lowest BCUT2D eigenvalue weighted by atomic mass is 10.1. The van der Waals surface area contributed by atoms with Gasteiger partial charge >= 0.3 is 0 Å². The average Bonchev–Trinajstić information content (AvgIpc) is 3.29. The van der Waals surface area contributed by atoms with E-state index in [1.807, 2.05) is 19.9 Å². The number of carbonyl (C=O) groups is 2. The number of hydrogen-bond acceptors (Lipinski definition) is 5. The van der Waals surface area contributed by atoms with Crippen LogP contribution in [-0.4, -0.2) is 30.2 Å². The molecule has 2 aromatic rings. The number of amides is 2. The summed E-state index contributed by atoms with van der Waals surface area (Å²) >= 11 is 7.33. The van der Waals surface area contributed by atoms with E-state index in [2.05, 4.69) is 15.8 Å². The summed E-state index contributed by atoms with van der Waals surface area (Å²) in [7, 11) is 0. The molecule has 1 aliphatic heterocycles. The van der Waals surface area contributed by atoms with Crippen molar-refractivity contribution in [1.29, 1.82) is 0 Å². The van der Waals surface area contributed by atoms with Gasteiger partial charge in [0.05, 0.1) is 20.5 Å². The number of nitrogens with one attached hydrogen (secondary N) is 2. The van der Waals surface area contributed by atoms with E-state index in [1.54, 1.807) is 30.3 Å². The molecule has 142 valence electrons. The Balaban J connectivity index is 1.64. The van der Waals surface area contributed by atoms with Gasteiger partial charge in [0.2, 0.25) is 6.10 Å². The van der Waals surface area contributed by atoms with Crippen molar-refractivity contribution in [2.75, 3.05) is 11.9 Å².